The van der Waals surface area contributed by atoms with Crippen molar-refractivity contribution in [1.29, 1.82) is 0 Å². The highest BCUT2D eigenvalue weighted by molar-refractivity contribution is 5.89. The molecule has 8 heteroatoms. The number of aromatic nitrogens is 2. The van der Waals surface area contributed by atoms with Crippen LogP contribution in [0.5, 0.6) is 17.2 Å². The Labute approximate surface area is 164 Å². The molecule has 0 aliphatic rings. The van der Waals surface area contributed by atoms with E-state index in [0.717, 1.165) is 0 Å². The maximum Gasteiger partial charge on any atom is 0.349 e. The van der Waals surface area contributed by atoms with Gasteiger partial charge < -0.3 is 24.0 Å². The lowest BCUT2D eigenvalue weighted by Crippen LogP contribution is -2.14. The molecule has 0 saturated carbocycles. The number of benzene rings is 2. The van der Waals surface area contributed by atoms with Crippen molar-refractivity contribution in [3.63, 3.8) is 0 Å². The van der Waals surface area contributed by atoms with Crippen LogP contribution in [0, 0.1) is 0 Å². The lowest BCUT2D eigenvalue weighted by molar-refractivity contribution is 0.355. The normalized spacial score (nSPS) is 10.8. The van der Waals surface area contributed by atoms with Crippen LogP contribution in [0.15, 0.2) is 62.5 Å². The monoisotopic (exact) mass is 392 g/mol. The number of hydrogen-bond acceptors (Lipinski definition) is 7. The van der Waals surface area contributed by atoms with Gasteiger partial charge in [-0.05, 0) is 36.4 Å². The molecule has 0 fully saturated rings. The first-order valence-electron chi connectivity index (χ1n) is 8.60. The summed E-state index contributed by atoms with van der Waals surface area (Å²) < 4.78 is 15.8. The number of para-hydroxylation sites is 1. The van der Waals surface area contributed by atoms with E-state index in [0.29, 0.717) is 22.4 Å². The van der Waals surface area contributed by atoms with Crippen LogP contribution in [-0.2, 0) is 0 Å². The highest BCUT2D eigenvalue weighted by atomic mass is 16.5. The minimum atomic E-state index is -0.777. The standard InChI is InChI=1S/C21H16N2O6/c1-27-16-8-7-11(9-17(16)28-2)13-10-14(23-21(26)22-13)18-19(24)12-5-3-4-6-15(12)29-20(18)25/h3-10,24H,1-2H3,(H,22,23,26). The maximum atomic E-state index is 12.5. The van der Waals surface area contributed by atoms with E-state index in [-0.39, 0.29) is 28.3 Å². The van der Waals surface area contributed by atoms with E-state index in [2.05, 4.69) is 9.97 Å². The summed E-state index contributed by atoms with van der Waals surface area (Å²) in [5.74, 6) is 0.702. The second-order valence-electron chi connectivity index (χ2n) is 6.16. The molecule has 0 atom stereocenters. The number of nitrogens with one attached hydrogen (secondary N) is 1. The molecule has 4 rings (SSSR count). The Balaban J connectivity index is 1.93. The smallest absolute Gasteiger partial charge is 0.349 e. The van der Waals surface area contributed by atoms with Gasteiger partial charge in [-0.1, -0.05) is 12.1 Å². The second-order valence-corrected chi connectivity index (χ2v) is 6.16. The highest BCUT2D eigenvalue weighted by Crippen LogP contribution is 2.34. The molecule has 2 N–H and O–H groups in total. The number of aromatic amines is 1. The molecule has 0 unspecified atom stereocenters. The molecule has 29 heavy (non-hydrogen) atoms. The Morgan fingerprint density at radius 2 is 1.76 bits per heavy atom. The third-order valence-corrected chi connectivity index (χ3v) is 4.48. The van der Waals surface area contributed by atoms with Crippen molar-refractivity contribution in [2.75, 3.05) is 14.2 Å². The molecule has 0 saturated heterocycles. The summed E-state index contributed by atoms with van der Waals surface area (Å²) in [7, 11) is 3.01. The lowest BCUT2D eigenvalue weighted by atomic mass is 10.1. The van der Waals surface area contributed by atoms with E-state index >= 15 is 0 Å². The molecular formula is C21H16N2O6. The Morgan fingerprint density at radius 3 is 2.52 bits per heavy atom. The first kappa shape index (κ1) is 18.3. The van der Waals surface area contributed by atoms with Gasteiger partial charge in [0.25, 0.3) is 0 Å². The first-order chi connectivity index (χ1) is 14.0. The zero-order valence-corrected chi connectivity index (χ0v) is 15.6. The van der Waals surface area contributed by atoms with Crippen molar-refractivity contribution in [2.45, 2.75) is 0 Å². The molecule has 0 spiro atoms. The maximum absolute atomic E-state index is 12.5. The molecule has 146 valence electrons. The van der Waals surface area contributed by atoms with E-state index in [1.807, 2.05) is 0 Å². The number of fused-ring (bicyclic) bond motifs is 1. The molecular weight excluding hydrogens is 376 g/mol. The summed E-state index contributed by atoms with van der Waals surface area (Å²) in [6.07, 6.45) is 0. The van der Waals surface area contributed by atoms with Crippen LogP contribution >= 0.6 is 0 Å². The second kappa shape index (κ2) is 7.16. The Morgan fingerprint density at radius 1 is 1.00 bits per heavy atom. The van der Waals surface area contributed by atoms with E-state index < -0.39 is 11.3 Å². The fraction of sp³-hybridized carbons (Fsp3) is 0.0952. The van der Waals surface area contributed by atoms with Crippen LogP contribution in [-0.4, -0.2) is 29.3 Å². The van der Waals surface area contributed by atoms with Gasteiger partial charge in [0, 0.05) is 5.56 Å². The highest BCUT2D eigenvalue weighted by Gasteiger charge is 2.18. The van der Waals surface area contributed by atoms with Gasteiger partial charge in [-0.3, -0.25) is 0 Å². The molecule has 2 heterocycles. The molecule has 2 aromatic heterocycles. The third-order valence-electron chi connectivity index (χ3n) is 4.48. The predicted molar refractivity (Wildman–Crippen MR) is 107 cm³/mol. The minimum Gasteiger partial charge on any atom is -0.506 e. The van der Waals surface area contributed by atoms with Gasteiger partial charge in [0.1, 0.15) is 16.9 Å². The van der Waals surface area contributed by atoms with Crippen molar-refractivity contribution >= 4 is 11.0 Å². The third kappa shape index (κ3) is 3.20. The van der Waals surface area contributed by atoms with Crippen LogP contribution in [0.1, 0.15) is 0 Å². The summed E-state index contributed by atoms with van der Waals surface area (Å²) in [4.78, 5) is 31.1. The van der Waals surface area contributed by atoms with Gasteiger partial charge in [0.2, 0.25) is 0 Å². The summed E-state index contributed by atoms with van der Waals surface area (Å²) in [5, 5.41) is 11.0. The molecule has 0 aliphatic heterocycles. The van der Waals surface area contributed by atoms with Gasteiger partial charge in [-0.2, -0.15) is 4.98 Å². The summed E-state index contributed by atoms with van der Waals surface area (Å²) in [6, 6.07) is 13.1. The zero-order valence-electron chi connectivity index (χ0n) is 15.6. The minimum absolute atomic E-state index is 0.0896. The van der Waals surface area contributed by atoms with Crippen LogP contribution < -0.4 is 20.8 Å². The molecule has 4 aromatic rings. The average Bonchev–Trinajstić information content (AvgIpc) is 2.73. The van der Waals surface area contributed by atoms with Crippen molar-refractivity contribution < 1.29 is 19.0 Å². The van der Waals surface area contributed by atoms with Crippen molar-refractivity contribution in [1.82, 2.24) is 9.97 Å². The Hall–Kier alpha value is -4.07. The molecule has 0 bridgehead atoms. The summed E-state index contributed by atoms with van der Waals surface area (Å²) in [5.41, 5.74) is -0.413. The van der Waals surface area contributed by atoms with E-state index in [4.69, 9.17) is 13.9 Å². The average molecular weight is 392 g/mol. The molecule has 0 amide bonds. The Kier molecular flexibility index (Phi) is 4.52. The SMILES string of the molecule is COc1ccc(-c2cc(-c3c(O)c4ccccc4oc3=O)[nH]c(=O)n2)cc1OC. The zero-order chi connectivity index (χ0) is 20.5. The largest absolute Gasteiger partial charge is 0.506 e. The van der Waals surface area contributed by atoms with Crippen LogP contribution in [0.4, 0.5) is 0 Å². The quantitative estimate of drug-likeness (QED) is 0.513. The Bertz CT molecular complexity index is 1340. The van der Waals surface area contributed by atoms with Crippen LogP contribution in [0.3, 0.4) is 0 Å². The van der Waals surface area contributed by atoms with Crippen molar-refractivity contribution in [3.8, 4) is 39.8 Å². The van der Waals surface area contributed by atoms with E-state index in [1.54, 1.807) is 42.5 Å². The number of methoxy groups -OCH3 is 2. The topological polar surface area (TPSA) is 115 Å². The van der Waals surface area contributed by atoms with Gasteiger partial charge in [-0.15, -0.1) is 0 Å². The number of hydrogen-bond donors (Lipinski definition) is 2. The van der Waals surface area contributed by atoms with Gasteiger partial charge in [-0.25, -0.2) is 9.59 Å². The van der Waals surface area contributed by atoms with Gasteiger partial charge in [0.15, 0.2) is 11.5 Å². The van der Waals surface area contributed by atoms with E-state index in [1.165, 1.54) is 20.3 Å². The molecule has 2 aromatic carbocycles. The van der Waals surface area contributed by atoms with Gasteiger partial charge in [0.05, 0.1) is 31.0 Å². The molecule has 8 nitrogen and oxygen atoms in total. The van der Waals surface area contributed by atoms with E-state index in [9.17, 15) is 14.7 Å². The summed E-state index contributed by atoms with van der Waals surface area (Å²) in [6.45, 7) is 0. The lowest BCUT2D eigenvalue weighted by Gasteiger charge is -2.10. The first-order valence-corrected chi connectivity index (χ1v) is 8.60. The van der Waals surface area contributed by atoms with Gasteiger partial charge >= 0.3 is 11.3 Å². The number of rotatable bonds is 4. The number of aromatic hydroxyl groups is 1. The van der Waals surface area contributed by atoms with Crippen LogP contribution in [0.25, 0.3) is 33.5 Å². The number of ether oxygens (including phenoxy) is 2. The molecule has 0 radical (unpaired) electrons. The summed E-state index contributed by atoms with van der Waals surface area (Å²) >= 11 is 0. The van der Waals surface area contributed by atoms with Crippen LogP contribution in [0.2, 0.25) is 0 Å². The number of H-pyrrole nitrogens is 1. The number of nitrogens with zero attached hydrogens (tertiary/aromatic N) is 1. The predicted octanol–water partition coefficient (Wildman–Crippen LogP) is 2.93. The van der Waals surface area contributed by atoms with Crippen molar-refractivity contribution in [2.24, 2.45) is 0 Å². The fourth-order valence-corrected chi connectivity index (χ4v) is 3.11. The van der Waals surface area contributed by atoms with Crippen molar-refractivity contribution in [3.05, 3.63) is 69.4 Å². The fourth-order valence-electron chi connectivity index (χ4n) is 3.11. The molecule has 0 aliphatic carbocycles.